The Hall–Kier alpha value is -3.13. The number of benzene rings is 2. The molecule has 1 saturated heterocycles. The third kappa shape index (κ3) is 4.39. The lowest BCUT2D eigenvalue weighted by molar-refractivity contribution is 0.179. The van der Waals surface area contributed by atoms with E-state index in [0.717, 1.165) is 30.1 Å². The molecule has 1 fully saturated rings. The van der Waals surface area contributed by atoms with E-state index in [1.165, 1.54) is 12.1 Å². The Kier molecular flexibility index (Phi) is 5.93. The average Bonchev–Trinajstić information content (AvgIpc) is 3.43. The molecule has 9 heteroatoms. The molecule has 0 bridgehead atoms. The lowest BCUT2D eigenvalue weighted by Gasteiger charge is -2.30. The van der Waals surface area contributed by atoms with Crippen molar-refractivity contribution in [3.63, 3.8) is 0 Å². The van der Waals surface area contributed by atoms with Crippen LogP contribution < -0.4 is 10.1 Å². The van der Waals surface area contributed by atoms with Gasteiger partial charge in [-0.1, -0.05) is 23.7 Å². The first-order chi connectivity index (χ1) is 16.0. The minimum atomic E-state index is -0.344. The van der Waals surface area contributed by atoms with Gasteiger partial charge in [-0.2, -0.15) is 0 Å². The number of aryl methyl sites for hydroxylation is 1. The van der Waals surface area contributed by atoms with E-state index in [1.54, 1.807) is 6.07 Å². The molecular formula is C24H25ClFN5O2. The molecule has 1 N–H and O–H groups in total. The Bertz CT molecular complexity index is 1170. The molecule has 1 aromatic heterocycles. The van der Waals surface area contributed by atoms with Gasteiger partial charge in [0, 0.05) is 23.6 Å². The van der Waals surface area contributed by atoms with Crippen molar-refractivity contribution in [1.82, 2.24) is 25.0 Å². The van der Waals surface area contributed by atoms with Gasteiger partial charge in [-0.15, -0.1) is 10.2 Å². The van der Waals surface area contributed by atoms with Crippen LogP contribution in [0.25, 0.3) is 0 Å². The third-order valence-electron chi connectivity index (χ3n) is 6.34. The normalized spacial score (nSPS) is 19.8. The number of carbonyl (C=O) groups excluding carboxylic acids is 1. The topological polar surface area (TPSA) is 72.3 Å². The standard InChI is InChI=1S/C24H25ClFN5O2/c1-15-28-29-23(31(15)14-16-4-6-17(25)7-5-16)21-3-2-11-30(21)24(32)27-20-10-12-33-22-9-8-18(26)13-19(20)22/h4-9,13,20-21H,2-3,10-12,14H2,1H3,(H,27,32)/t20-,21?/m0/s1. The molecule has 0 spiro atoms. The van der Waals surface area contributed by atoms with Crippen molar-refractivity contribution in [3.8, 4) is 5.75 Å². The van der Waals surface area contributed by atoms with Gasteiger partial charge >= 0.3 is 6.03 Å². The summed E-state index contributed by atoms with van der Waals surface area (Å²) >= 11 is 6.02. The van der Waals surface area contributed by atoms with Gasteiger partial charge in [0.25, 0.3) is 0 Å². The number of nitrogens with zero attached hydrogens (tertiary/aromatic N) is 4. The summed E-state index contributed by atoms with van der Waals surface area (Å²) < 4.78 is 21.5. The SMILES string of the molecule is Cc1nnc(C2CCCN2C(=O)N[C@H]2CCOc3ccc(F)cc32)n1Cc1ccc(Cl)cc1. The van der Waals surface area contributed by atoms with Crippen LogP contribution in [-0.4, -0.2) is 38.8 Å². The molecule has 7 nitrogen and oxygen atoms in total. The van der Waals surface area contributed by atoms with Crippen LogP contribution in [0.4, 0.5) is 9.18 Å². The molecular weight excluding hydrogens is 445 g/mol. The monoisotopic (exact) mass is 469 g/mol. The summed E-state index contributed by atoms with van der Waals surface area (Å²) in [5.74, 6) is 1.84. The van der Waals surface area contributed by atoms with E-state index >= 15 is 0 Å². The fourth-order valence-corrected chi connectivity index (χ4v) is 4.76. The summed E-state index contributed by atoms with van der Waals surface area (Å²) in [5, 5.41) is 12.5. The highest BCUT2D eigenvalue weighted by atomic mass is 35.5. The number of aromatic nitrogens is 3. The van der Waals surface area contributed by atoms with Crippen LogP contribution in [0.5, 0.6) is 5.75 Å². The highest BCUT2D eigenvalue weighted by Gasteiger charge is 2.35. The highest BCUT2D eigenvalue weighted by Crippen LogP contribution is 2.35. The predicted molar refractivity (Wildman–Crippen MR) is 122 cm³/mol. The molecule has 3 heterocycles. The number of carbonyl (C=O) groups is 1. The Morgan fingerprint density at radius 3 is 2.85 bits per heavy atom. The van der Waals surface area contributed by atoms with Crippen molar-refractivity contribution >= 4 is 17.6 Å². The molecule has 1 unspecified atom stereocenters. The molecule has 2 amide bonds. The van der Waals surface area contributed by atoms with Gasteiger partial charge in [-0.25, -0.2) is 9.18 Å². The quantitative estimate of drug-likeness (QED) is 0.596. The molecule has 0 aliphatic carbocycles. The van der Waals surface area contributed by atoms with Crippen LogP contribution in [-0.2, 0) is 6.54 Å². The van der Waals surface area contributed by atoms with Crippen LogP contribution in [0.15, 0.2) is 42.5 Å². The molecule has 172 valence electrons. The fourth-order valence-electron chi connectivity index (χ4n) is 4.64. The summed E-state index contributed by atoms with van der Waals surface area (Å²) in [7, 11) is 0. The number of nitrogens with one attached hydrogen (secondary N) is 1. The Labute approximate surface area is 196 Å². The fraction of sp³-hybridized carbons (Fsp3) is 0.375. The molecule has 2 atom stereocenters. The van der Waals surface area contributed by atoms with Gasteiger partial charge in [-0.3, -0.25) is 0 Å². The van der Waals surface area contributed by atoms with Gasteiger partial charge in [0.1, 0.15) is 17.4 Å². The van der Waals surface area contributed by atoms with E-state index in [1.807, 2.05) is 36.1 Å². The number of likely N-dealkylation sites (tertiary alicyclic amines) is 1. The molecule has 33 heavy (non-hydrogen) atoms. The summed E-state index contributed by atoms with van der Waals surface area (Å²) in [4.78, 5) is 15.1. The van der Waals surface area contributed by atoms with Crippen molar-refractivity contribution in [1.29, 1.82) is 0 Å². The van der Waals surface area contributed by atoms with Gasteiger partial charge in [0.15, 0.2) is 5.82 Å². The van der Waals surface area contributed by atoms with E-state index in [-0.39, 0.29) is 23.9 Å². The molecule has 2 aliphatic heterocycles. The zero-order chi connectivity index (χ0) is 22.9. The second-order valence-corrected chi connectivity index (χ2v) is 8.93. The van der Waals surface area contributed by atoms with E-state index < -0.39 is 0 Å². The largest absolute Gasteiger partial charge is 0.493 e. The average molecular weight is 470 g/mol. The maximum absolute atomic E-state index is 13.8. The summed E-state index contributed by atoms with van der Waals surface area (Å²) in [6, 6.07) is 11.4. The number of urea groups is 1. The van der Waals surface area contributed by atoms with Crippen molar-refractivity contribution in [3.05, 3.63) is 76.1 Å². The van der Waals surface area contributed by atoms with Crippen molar-refractivity contribution in [2.45, 2.75) is 44.8 Å². The number of halogens is 2. The Morgan fingerprint density at radius 2 is 2.03 bits per heavy atom. The zero-order valence-electron chi connectivity index (χ0n) is 18.3. The van der Waals surface area contributed by atoms with Gasteiger partial charge in [0.2, 0.25) is 0 Å². The number of ether oxygens (including phenoxy) is 1. The van der Waals surface area contributed by atoms with E-state index in [0.29, 0.717) is 42.5 Å². The molecule has 2 aromatic carbocycles. The number of fused-ring (bicyclic) bond motifs is 1. The Balaban J connectivity index is 1.36. The lowest BCUT2D eigenvalue weighted by Crippen LogP contribution is -2.43. The van der Waals surface area contributed by atoms with Gasteiger partial charge in [-0.05, 0) is 55.7 Å². The van der Waals surface area contributed by atoms with E-state index in [4.69, 9.17) is 16.3 Å². The molecule has 2 aliphatic rings. The summed E-state index contributed by atoms with van der Waals surface area (Å²) in [5.41, 5.74) is 1.76. The van der Waals surface area contributed by atoms with Crippen LogP contribution in [0.2, 0.25) is 5.02 Å². The molecule has 0 radical (unpaired) electrons. The van der Waals surface area contributed by atoms with E-state index in [9.17, 15) is 9.18 Å². The number of hydrogen-bond acceptors (Lipinski definition) is 4. The summed E-state index contributed by atoms with van der Waals surface area (Å²) in [6.45, 7) is 3.62. The second kappa shape index (κ2) is 9.02. The highest BCUT2D eigenvalue weighted by molar-refractivity contribution is 6.30. The third-order valence-corrected chi connectivity index (χ3v) is 6.59. The van der Waals surface area contributed by atoms with Gasteiger partial charge < -0.3 is 19.5 Å². The lowest BCUT2D eigenvalue weighted by atomic mass is 10.0. The predicted octanol–water partition coefficient (Wildman–Crippen LogP) is 4.80. The number of amides is 2. The van der Waals surface area contributed by atoms with Crippen LogP contribution in [0.3, 0.4) is 0 Å². The minimum Gasteiger partial charge on any atom is -0.493 e. The summed E-state index contributed by atoms with van der Waals surface area (Å²) in [6.07, 6.45) is 2.28. The maximum atomic E-state index is 13.8. The van der Waals surface area contributed by atoms with Crippen LogP contribution in [0.1, 0.15) is 54.1 Å². The van der Waals surface area contributed by atoms with Crippen LogP contribution >= 0.6 is 11.6 Å². The Morgan fingerprint density at radius 1 is 1.21 bits per heavy atom. The number of rotatable bonds is 4. The van der Waals surface area contributed by atoms with Gasteiger partial charge in [0.05, 0.1) is 25.2 Å². The molecule has 5 rings (SSSR count). The molecule has 3 aromatic rings. The first kappa shape index (κ1) is 21.7. The second-order valence-electron chi connectivity index (χ2n) is 8.49. The minimum absolute atomic E-state index is 0.176. The number of hydrogen-bond donors (Lipinski definition) is 1. The van der Waals surface area contributed by atoms with Crippen molar-refractivity contribution < 1.29 is 13.9 Å². The first-order valence-corrected chi connectivity index (χ1v) is 11.5. The molecule has 0 saturated carbocycles. The van der Waals surface area contributed by atoms with E-state index in [2.05, 4.69) is 20.1 Å². The zero-order valence-corrected chi connectivity index (χ0v) is 19.1. The smallest absolute Gasteiger partial charge is 0.318 e. The van der Waals surface area contributed by atoms with Crippen molar-refractivity contribution in [2.24, 2.45) is 0 Å². The first-order valence-electron chi connectivity index (χ1n) is 11.1. The maximum Gasteiger partial charge on any atom is 0.318 e. The van der Waals surface area contributed by atoms with Crippen molar-refractivity contribution in [2.75, 3.05) is 13.2 Å². The van der Waals surface area contributed by atoms with Crippen LogP contribution in [0, 0.1) is 12.7 Å².